The summed E-state index contributed by atoms with van der Waals surface area (Å²) < 4.78 is 7.50. The minimum Gasteiger partial charge on any atom is -0.453 e. The maximum Gasteiger partial charge on any atom is 0.299 e. The van der Waals surface area contributed by atoms with Crippen LogP contribution in [0.1, 0.15) is 35.3 Å². The van der Waals surface area contributed by atoms with Crippen LogP contribution in [0, 0.1) is 19.8 Å². The molecule has 0 aliphatic heterocycles. The van der Waals surface area contributed by atoms with Crippen molar-refractivity contribution in [1.29, 1.82) is 0 Å². The molecule has 0 radical (unpaired) electrons. The summed E-state index contributed by atoms with van der Waals surface area (Å²) in [6.45, 7) is 8.67. The van der Waals surface area contributed by atoms with E-state index in [-0.39, 0.29) is 17.2 Å². The first kappa shape index (κ1) is 24.7. The zero-order valence-corrected chi connectivity index (χ0v) is 20.9. The van der Waals surface area contributed by atoms with Crippen molar-refractivity contribution < 1.29 is 9.53 Å². The van der Waals surface area contributed by atoms with E-state index in [1.807, 2.05) is 76.2 Å². The van der Waals surface area contributed by atoms with Crippen LogP contribution in [-0.2, 0) is 0 Å². The summed E-state index contributed by atoms with van der Waals surface area (Å²) in [5, 5.41) is 10.5. The summed E-state index contributed by atoms with van der Waals surface area (Å²) in [6.07, 6.45) is 1.53. The molecule has 0 saturated heterocycles. The fraction of sp³-hybridized carbons (Fsp3) is 0.207. The van der Waals surface area contributed by atoms with Crippen molar-refractivity contribution in [2.75, 3.05) is 11.9 Å². The number of nitrogens with one attached hydrogen (secondary N) is 2. The molecule has 1 aromatic heterocycles. The minimum absolute atomic E-state index is 0.135. The number of hydrogen-bond donors (Lipinski definition) is 2. The molecule has 0 aliphatic carbocycles. The van der Waals surface area contributed by atoms with Crippen LogP contribution in [-0.4, -0.2) is 22.2 Å². The summed E-state index contributed by atoms with van der Waals surface area (Å²) in [5.74, 6) is 1.18. The zero-order chi connectivity index (χ0) is 25.7. The van der Waals surface area contributed by atoms with Crippen LogP contribution in [0.2, 0.25) is 0 Å². The van der Waals surface area contributed by atoms with E-state index in [0.29, 0.717) is 40.9 Å². The highest BCUT2D eigenvalue weighted by Crippen LogP contribution is 2.31. The lowest BCUT2D eigenvalue weighted by atomic mass is 10.1. The molecule has 184 valence electrons. The van der Waals surface area contributed by atoms with Crippen molar-refractivity contribution in [3.05, 3.63) is 106 Å². The highest BCUT2D eigenvalue weighted by atomic mass is 16.5. The third-order valence-corrected chi connectivity index (χ3v) is 5.81. The average Bonchev–Trinajstić information content (AvgIpc) is 2.88. The Morgan fingerprint density at radius 3 is 2.36 bits per heavy atom. The smallest absolute Gasteiger partial charge is 0.299 e. The van der Waals surface area contributed by atoms with Gasteiger partial charge in [-0.25, -0.2) is 0 Å². The average molecular weight is 483 g/mol. The van der Waals surface area contributed by atoms with E-state index in [1.165, 1.54) is 10.9 Å². The largest absolute Gasteiger partial charge is 0.453 e. The quantitative estimate of drug-likeness (QED) is 0.333. The Morgan fingerprint density at radius 1 is 0.944 bits per heavy atom. The van der Waals surface area contributed by atoms with Gasteiger partial charge in [-0.05, 0) is 73.4 Å². The molecular weight excluding hydrogens is 452 g/mol. The van der Waals surface area contributed by atoms with Crippen molar-refractivity contribution in [3.8, 4) is 17.2 Å². The van der Waals surface area contributed by atoms with E-state index < -0.39 is 0 Å². The number of amides is 1. The molecule has 4 rings (SSSR count). The van der Waals surface area contributed by atoms with Crippen LogP contribution >= 0.6 is 0 Å². The standard InChI is InChI=1S/C29H30N4O3/c1-19(2)17-30-28(34)22-13-15-23(16-14-22)32-27-26(36-25-12-8-9-20(3)21(25)4)18-31-33(29(27)35)24-10-6-5-7-11-24/h5-16,18-19,32H,17H2,1-4H3,(H,30,34). The van der Waals surface area contributed by atoms with Crippen LogP contribution in [0.4, 0.5) is 11.4 Å². The lowest BCUT2D eigenvalue weighted by molar-refractivity contribution is 0.0949. The van der Waals surface area contributed by atoms with E-state index in [4.69, 9.17) is 4.74 Å². The number of nitrogens with zero attached hydrogens (tertiary/aromatic N) is 2. The summed E-state index contributed by atoms with van der Waals surface area (Å²) in [6, 6.07) is 21.9. The Bertz CT molecular complexity index is 1410. The Kier molecular flexibility index (Phi) is 7.49. The van der Waals surface area contributed by atoms with Gasteiger partial charge >= 0.3 is 0 Å². The van der Waals surface area contributed by atoms with E-state index >= 15 is 0 Å². The van der Waals surface area contributed by atoms with Crippen molar-refractivity contribution in [2.45, 2.75) is 27.7 Å². The topological polar surface area (TPSA) is 85.2 Å². The lowest BCUT2D eigenvalue weighted by Crippen LogP contribution is -2.27. The van der Waals surface area contributed by atoms with Crippen LogP contribution in [0.25, 0.3) is 5.69 Å². The van der Waals surface area contributed by atoms with Crippen LogP contribution in [0.5, 0.6) is 11.5 Å². The molecular formula is C29H30N4O3. The molecule has 1 heterocycles. The second-order valence-electron chi connectivity index (χ2n) is 9.04. The number of aryl methyl sites for hydroxylation is 1. The monoisotopic (exact) mass is 482 g/mol. The van der Waals surface area contributed by atoms with Crippen molar-refractivity contribution in [1.82, 2.24) is 15.1 Å². The summed E-state index contributed by atoms with van der Waals surface area (Å²) in [5.41, 5.74) is 3.77. The molecule has 7 heteroatoms. The van der Waals surface area contributed by atoms with Gasteiger partial charge in [-0.1, -0.05) is 44.2 Å². The summed E-state index contributed by atoms with van der Waals surface area (Å²) in [7, 11) is 0. The van der Waals surface area contributed by atoms with Gasteiger partial charge in [0.2, 0.25) is 0 Å². The highest BCUT2D eigenvalue weighted by molar-refractivity contribution is 5.94. The molecule has 0 atom stereocenters. The molecule has 0 saturated carbocycles. The van der Waals surface area contributed by atoms with Gasteiger partial charge in [0.25, 0.3) is 11.5 Å². The number of anilines is 2. The van der Waals surface area contributed by atoms with Crippen molar-refractivity contribution >= 4 is 17.3 Å². The SMILES string of the molecule is Cc1cccc(Oc2cnn(-c3ccccc3)c(=O)c2Nc2ccc(C(=O)NCC(C)C)cc2)c1C. The fourth-order valence-electron chi connectivity index (χ4n) is 3.59. The van der Waals surface area contributed by atoms with Crippen LogP contribution in [0.15, 0.2) is 83.8 Å². The van der Waals surface area contributed by atoms with E-state index in [9.17, 15) is 9.59 Å². The molecule has 7 nitrogen and oxygen atoms in total. The number of rotatable bonds is 8. The van der Waals surface area contributed by atoms with Gasteiger partial charge in [0, 0.05) is 17.8 Å². The predicted octanol–water partition coefficient (Wildman–Crippen LogP) is 5.77. The van der Waals surface area contributed by atoms with Gasteiger partial charge < -0.3 is 15.4 Å². The molecule has 2 N–H and O–H groups in total. The molecule has 4 aromatic rings. The molecule has 0 bridgehead atoms. The van der Waals surface area contributed by atoms with Gasteiger partial charge in [-0.15, -0.1) is 0 Å². The van der Waals surface area contributed by atoms with Crippen molar-refractivity contribution in [3.63, 3.8) is 0 Å². The fourth-order valence-corrected chi connectivity index (χ4v) is 3.59. The minimum atomic E-state index is -0.359. The van der Waals surface area contributed by atoms with Gasteiger partial charge in [-0.3, -0.25) is 9.59 Å². The first-order valence-corrected chi connectivity index (χ1v) is 11.9. The Balaban J connectivity index is 1.69. The molecule has 0 fully saturated rings. The number of aromatic nitrogens is 2. The third kappa shape index (κ3) is 5.63. The maximum absolute atomic E-state index is 13.6. The maximum atomic E-state index is 13.6. The molecule has 3 aromatic carbocycles. The van der Waals surface area contributed by atoms with Crippen LogP contribution < -0.4 is 20.9 Å². The predicted molar refractivity (Wildman–Crippen MR) is 143 cm³/mol. The summed E-state index contributed by atoms with van der Waals surface area (Å²) >= 11 is 0. The van der Waals surface area contributed by atoms with E-state index in [0.717, 1.165) is 11.1 Å². The molecule has 36 heavy (non-hydrogen) atoms. The van der Waals surface area contributed by atoms with Gasteiger partial charge in [0.15, 0.2) is 11.4 Å². The van der Waals surface area contributed by atoms with E-state index in [1.54, 1.807) is 24.3 Å². The summed E-state index contributed by atoms with van der Waals surface area (Å²) in [4.78, 5) is 25.9. The number of carbonyl (C=O) groups is 1. The highest BCUT2D eigenvalue weighted by Gasteiger charge is 2.17. The Morgan fingerprint density at radius 2 is 1.67 bits per heavy atom. The molecule has 0 spiro atoms. The van der Waals surface area contributed by atoms with Gasteiger partial charge in [-0.2, -0.15) is 9.78 Å². The molecule has 0 unspecified atom stereocenters. The Hall–Kier alpha value is -4.39. The van der Waals surface area contributed by atoms with E-state index in [2.05, 4.69) is 15.7 Å². The Labute approximate surface area is 210 Å². The number of benzene rings is 3. The van der Waals surface area contributed by atoms with Gasteiger partial charge in [0.05, 0.1) is 11.9 Å². The normalized spacial score (nSPS) is 10.8. The number of carbonyl (C=O) groups excluding carboxylic acids is 1. The second kappa shape index (κ2) is 10.9. The molecule has 1 amide bonds. The third-order valence-electron chi connectivity index (χ3n) is 5.81. The van der Waals surface area contributed by atoms with Gasteiger partial charge in [0.1, 0.15) is 5.75 Å². The lowest BCUT2D eigenvalue weighted by Gasteiger charge is -2.16. The number of para-hydroxylation sites is 1. The van der Waals surface area contributed by atoms with Crippen LogP contribution in [0.3, 0.4) is 0 Å². The molecule has 0 aliphatic rings. The first-order chi connectivity index (χ1) is 17.3. The zero-order valence-electron chi connectivity index (χ0n) is 20.9. The number of ether oxygens (including phenoxy) is 1. The first-order valence-electron chi connectivity index (χ1n) is 11.9. The number of hydrogen-bond acceptors (Lipinski definition) is 5. The van der Waals surface area contributed by atoms with Crippen molar-refractivity contribution in [2.24, 2.45) is 5.92 Å². The second-order valence-corrected chi connectivity index (χ2v) is 9.04.